The van der Waals surface area contributed by atoms with Crippen molar-refractivity contribution < 1.29 is 4.79 Å². The van der Waals surface area contributed by atoms with E-state index in [1.807, 2.05) is 41.9 Å². The lowest BCUT2D eigenvalue weighted by atomic mass is 10.1. The van der Waals surface area contributed by atoms with Gasteiger partial charge in [-0.3, -0.25) is 4.79 Å². The molecular weight excluding hydrogens is 399 g/mol. The van der Waals surface area contributed by atoms with E-state index in [0.29, 0.717) is 10.6 Å². The van der Waals surface area contributed by atoms with Gasteiger partial charge in [-0.1, -0.05) is 29.8 Å². The van der Waals surface area contributed by atoms with Crippen LogP contribution < -0.4 is 0 Å². The fourth-order valence-electron chi connectivity index (χ4n) is 2.27. The van der Waals surface area contributed by atoms with Crippen molar-refractivity contribution in [3.8, 4) is 0 Å². The number of hydrogen-bond acceptors (Lipinski definition) is 2. The summed E-state index contributed by atoms with van der Waals surface area (Å²) in [5.74, 6) is 0.780. The lowest BCUT2D eigenvalue weighted by Crippen LogP contribution is -2.08. The number of para-hydroxylation sites is 2. The molecule has 0 aliphatic heterocycles. The van der Waals surface area contributed by atoms with E-state index in [-0.39, 0.29) is 12.2 Å². The van der Waals surface area contributed by atoms with Crippen molar-refractivity contribution in [2.24, 2.45) is 7.05 Å². The number of imidazole rings is 1. The maximum absolute atomic E-state index is 12.4. The van der Waals surface area contributed by atoms with E-state index >= 15 is 0 Å². The van der Waals surface area contributed by atoms with Crippen LogP contribution in [0.3, 0.4) is 0 Å². The highest BCUT2D eigenvalue weighted by molar-refractivity contribution is 14.1. The van der Waals surface area contributed by atoms with Crippen LogP contribution in [0.1, 0.15) is 16.2 Å². The van der Waals surface area contributed by atoms with Crippen LogP contribution in [0.25, 0.3) is 11.0 Å². The molecule has 3 aromatic rings. The lowest BCUT2D eigenvalue weighted by molar-refractivity contribution is 0.0990. The number of benzene rings is 2. The molecule has 2 aromatic carbocycles. The average Bonchev–Trinajstić information content (AvgIpc) is 2.79. The van der Waals surface area contributed by atoms with Crippen LogP contribution in [-0.4, -0.2) is 15.3 Å². The zero-order valence-electron chi connectivity index (χ0n) is 11.3. The molecule has 1 aromatic heterocycles. The molecule has 3 nitrogen and oxygen atoms in total. The third-order valence-electron chi connectivity index (χ3n) is 3.44. The molecule has 0 bridgehead atoms. The summed E-state index contributed by atoms with van der Waals surface area (Å²) in [7, 11) is 1.93. The zero-order valence-corrected chi connectivity index (χ0v) is 14.2. The zero-order chi connectivity index (χ0) is 15.0. The number of carbonyl (C=O) groups is 1. The van der Waals surface area contributed by atoms with Crippen LogP contribution in [0.2, 0.25) is 5.02 Å². The normalized spacial score (nSPS) is 11.0. The summed E-state index contributed by atoms with van der Waals surface area (Å²) in [4.78, 5) is 16.9. The van der Waals surface area contributed by atoms with Crippen molar-refractivity contribution in [3.05, 3.63) is 62.4 Å². The highest BCUT2D eigenvalue weighted by atomic mass is 127. The predicted molar refractivity (Wildman–Crippen MR) is 92.9 cm³/mol. The van der Waals surface area contributed by atoms with Gasteiger partial charge in [-0.15, -0.1) is 0 Å². The van der Waals surface area contributed by atoms with E-state index in [1.54, 1.807) is 12.1 Å². The molecule has 0 amide bonds. The molecule has 0 spiro atoms. The van der Waals surface area contributed by atoms with Gasteiger partial charge in [-0.05, 0) is 46.9 Å². The Labute approximate surface area is 141 Å². The number of carbonyl (C=O) groups excluding carboxylic acids is 1. The van der Waals surface area contributed by atoms with Crippen molar-refractivity contribution in [1.82, 2.24) is 9.55 Å². The predicted octanol–water partition coefficient (Wildman–Crippen LogP) is 4.26. The van der Waals surface area contributed by atoms with Gasteiger partial charge in [-0.2, -0.15) is 0 Å². The quantitative estimate of drug-likeness (QED) is 0.478. The van der Waals surface area contributed by atoms with Gasteiger partial charge in [0, 0.05) is 16.2 Å². The number of ketones is 1. The van der Waals surface area contributed by atoms with Gasteiger partial charge in [0.05, 0.1) is 22.5 Å². The summed E-state index contributed by atoms with van der Waals surface area (Å²) >= 11 is 8.22. The van der Waals surface area contributed by atoms with Crippen LogP contribution in [0.15, 0.2) is 42.5 Å². The number of fused-ring (bicyclic) bond motifs is 1. The molecule has 0 saturated carbocycles. The van der Waals surface area contributed by atoms with Crippen LogP contribution in [0.5, 0.6) is 0 Å². The standard InChI is InChI=1S/C16H12ClIN2O/c1-20-14-5-3-2-4-13(14)19-16(20)9-15(21)10-6-7-12(18)11(17)8-10/h2-8H,9H2,1H3. The number of aryl methyl sites for hydroxylation is 1. The summed E-state index contributed by atoms with van der Waals surface area (Å²) in [6, 6.07) is 13.2. The summed E-state index contributed by atoms with van der Waals surface area (Å²) in [5.41, 5.74) is 2.55. The van der Waals surface area contributed by atoms with Crippen molar-refractivity contribution in [3.63, 3.8) is 0 Å². The van der Waals surface area contributed by atoms with E-state index in [4.69, 9.17) is 11.6 Å². The Kier molecular flexibility index (Phi) is 3.99. The average molecular weight is 411 g/mol. The molecule has 0 saturated heterocycles. The fourth-order valence-corrected chi connectivity index (χ4v) is 2.78. The number of nitrogens with zero attached hydrogens (tertiary/aromatic N) is 2. The lowest BCUT2D eigenvalue weighted by Gasteiger charge is -2.04. The fraction of sp³-hybridized carbons (Fsp3) is 0.125. The van der Waals surface area contributed by atoms with E-state index in [9.17, 15) is 4.79 Å². The van der Waals surface area contributed by atoms with Crippen LogP contribution >= 0.6 is 34.2 Å². The number of aromatic nitrogens is 2. The number of rotatable bonds is 3. The second-order valence-electron chi connectivity index (χ2n) is 4.80. The van der Waals surface area contributed by atoms with Gasteiger partial charge < -0.3 is 4.57 Å². The van der Waals surface area contributed by atoms with Gasteiger partial charge in [0.2, 0.25) is 0 Å². The molecule has 0 unspecified atom stereocenters. The second-order valence-corrected chi connectivity index (χ2v) is 6.37. The first kappa shape index (κ1) is 14.5. The molecule has 21 heavy (non-hydrogen) atoms. The van der Waals surface area contributed by atoms with Crippen LogP contribution in [0, 0.1) is 3.57 Å². The summed E-state index contributed by atoms with van der Waals surface area (Å²) in [6.45, 7) is 0. The molecule has 0 fully saturated rings. The molecule has 106 valence electrons. The molecule has 1 heterocycles. The van der Waals surface area contributed by atoms with Crippen molar-refractivity contribution in [1.29, 1.82) is 0 Å². The summed E-state index contributed by atoms with van der Waals surface area (Å²) in [5, 5.41) is 0.603. The third-order valence-corrected chi connectivity index (χ3v) is 5.01. The summed E-state index contributed by atoms with van der Waals surface area (Å²) < 4.78 is 2.90. The first-order valence-electron chi connectivity index (χ1n) is 6.45. The molecule has 0 aliphatic rings. The Morgan fingerprint density at radius 2 is 2.05 bits per heavy atom. The van der Waals surface area contributed by atoms with E-state index < -0.39 is 0 Å². The molecule has 0 atom stereocenters. The number of hydrogen-bond donors (Lipinski definition) is 0. The Hall–Kier alpha value is -1.40. The topological polar surface area (TPSA) is 34.9 Å². The second kappa shape index (κ2) is 5.77. The molecule has 0 radical (unpaired) electrons. The van der Waals surface area contributed by atoms with E-state index in [2.05, 4.69) is 27.6 Å². The van der Waals surface area contributed by atoms with Gasteiger partial charge in [0.1, 0.15) is 5.82 Å². The van der Waals surface area contributed by atoms with Crippen molar-refractivity contribution >= 4 is 51.0 Å². The molecule has 3 rings (SSSR count). The highest BCUT2D eigenvalue weighted by Crippen LogP contribution is 2.21. The summed E-state index contributed by atoms with van der Waals surface area (Å²) in [6.07, 6.45) is 0.266. The Morgan fingerprint density at radius 3 is 2.76 bits per heavy atom. The van der Waals surface area contributed by atoms with Crippen LogP contribution in [-0.2, 0) is 13.5 Å². The van der Waals surface area contributed by atoms with Crippen molar-refractivity contribution in [2.75, 3.05) is 0 Å². The Bertz CT molecular complexity index is 841. The van der Waals surface area contributed by atoms with Crippen LogP contribution in [0.4, 0.5) is 0 Å². The maximum Gasteiger partial charge on any atom is 0.170 e. The minimum Gasteiger partial charge on any atom is -0.331 e. The van der Waals surface area contributed by atoms with Gasteiger partial charge >= 0.3 is 0 Å². The molecule has 5 heteroatoms. The monoisotopic (exact) mass is 410 g/mol. The number of Topliss-reactive ketones (excluding diaryl/α,β-unsaturated/α-hetero) is 1. The Balaban J connectivity index is 1.92. The van der Waals surface area contributed by atoms with Gasteiger partial charge in [0.25, 0.3) is 0 Å². The third kappa shape index (κ3) is 2.82. The van der Waals surface area contributed by atoms with Gasteiger partial charge in [-0.25, -0.2) is 4.98 Å². The first-order chi connectivity index (χ1) is 10.1. The van der Waals surface area contributed by atoms with Crippen molar-refractivity contribution in [2.45, 2.75) is 6.42 Å². The minimum atomic E-state index is 0.0201. The number of halogens is 2. The van der Waals surface area contributed by atoms with E-state index in [1.165, 1.54) is 0 Å². The molecule has 0 N–H and O–H groups in total. The Morgan fingerprint density at radius 1 is 1.29 bits per heavy atom. The van der Waals surface area contributed by atoms with Gasteiger partial charge in [0.15, 0.2) is 5.78 Å². The molecular formula is C16H12ClIN2O. The first-order valence-corrected chi connectivity index (χ1v) is 7.90. The molecule has 0 aliphatic carbocycles. The minimum absolute atomic E-state index is 0.0201. The maximum atomic E-state index is 12.4. The van der Waals surface area contributed by atoms with E-state index in [0.717, 1.165) is 20.4 Å². The SMILES string of the molecule is Cn1c(CC(=O)c2ccc(I)c(Cl)c2)nc2ccccc21. The smallest absolute Gasteiger partial charge is 0.170 e. The largest absolute Gasteiger partial charge is 0.331 e. The highest BCUT2D eigenvalue weighted by Gasteiger charge is 2.14.